The molecule has 2 rings (SSSR count). The average Bonchev–Trinajstić information content (AvgIpc) is 2.37. The van der Waals surface area contributed by atoms with Crippen LogP contribution < -0.4 is 5.73 Å². The van der Waals surface area contributed by atoms with Gasteiger partial charge in [0.25, 0.3) is 0 Å². The molecule has 0 fully saturated rings. The quantitative estimate of drug-likeness (QED) is 0.850. The maximum Gasteiger partial charge on any atom is 0.416 e. The molecule has 6 heteroatoms. The number of halogens is 4. The minimum Gasteiger partial charge on any atom is -0.320 e. The molecule has 1 unspecified atom stereocenters. The fraction of sp³-hybridized carbons (Fsp3) is 0.154. The summed E-state index contributed by atoms with van der Waals surface area (Å²) in [6.45, 7) is 0. The lowest BCUT2D eigenvalue weighted by atomic mass is 9.95. The Morgan fingerprint density at radius 3 is 2.47 bits per heavy atom. The summed E-state index contributed by atoms with van der Waals surface area (Å²) < 4.78 is 51.8. The van der Waals surface area contributed by atoms with E-state index < -0.39 is 23.6 Å². The zero-order chi connectivity index (χ0) is 14.0. The number of nitrogens with zero attached hydrogens (tertiary/aromatic N) is 1. The Kier molecular flexibility index (Phi) is 3.53. The Labute approximate surface area is 106 Å². The van der Waals surface area contributed by atoms with Crippen molar-refractivity contribution in [2.24, 2.45) is 5.73 Å². The molecule has 0 amide bonds. The molecule has 0 saturated carbocycles. The van der Waals surface area contributed by atoms with Gasteiger partial charge in [0.2, 0.25) is 0 Å². The van der Waals surface area contributed by atoms with Crippen molar-refractivity contribution in [1.29, 1.82) is 0 Å². The average molecular weight is 270 g/mol. The molecule has 1 atom stereocenters. The standard InChI is InChI=1S/C13H10F4N2/c14-9-3-4-11(13(15,16)17)10(6-9)12(18)8-2-1-5-19-7-8/h1-7,12H,18H2. The van der Waals surface area contributed by atoms with E-state index in [0.717, 1.165) is 12.1 Å². The first-order valence-electron chi connectivity index (χ1n) is 5.42. The van der Waals surface area contributed by atoms with Crippen LogP contribution in [0.5, 0.6) is 0 Å². The smallest absolute Gasteiger partial charge is 0.320 e. The molecule has 0 radical (unpaired) electrons. The summed E-state index contributed by atoms with van der Waals surface area (Å²) in [6.07, 6.45) is -1.74. The van der Waals surface area contributed by atoms with Crippen molar-refractivity contribution in [3.8, 4) is 0 Å². The Morgan fingerprint density at radius 1 is 1.16 bits per heavy atom. The molecule has 1 heterocycles. The summed E-state index contributed by atoms with van der Waals surface area (Å²) in [5.74, 6) is -0.762. The highest BCUT2D eigenvalue weighted by atomic mass is 19.4. The molecule has 0 aliphatic carbocycles. The van der Waals surface area contributed by atoms with Crippen LogP contribution in [0.1, 0.15) is 22.7 Å². The Morgan fingerprint density at radius 2 is 1.89 bits per heavy atom. The van der Waals surface area contributed by atoms with E-state index in [9.17, 15) is 17.6 Å². The van der Waals surface area contributed by atoms with E-state index in [-0.39, 0.29) is 5.56 Å². The lowest BCUT2D eigenvalue weighted by Gasteiger charge is -2.18. The molecule has 100 valence electrons. The maximum absolute atomic E-state index is 13.2. The third-order valence-electron chi connectivity index (χ3n) is 2.70. The minimum absolute atomic E-state index is 0.305. The Balaban J connectivity index is 2.52. The van der Waals surface area contributed by atoms with Gasteiger partial charge in [-0.25, -0.2) is 4.39 Å². The van der Waals surface area contributed by atoms with E-state index in [1.54, 1.807) is 12.1 Å². The van der Waals surface area contributed by atoms with Crippen LogP contribution in [0.4, 0.5) is 17.6 Å². The van der Waals surface area contributed by atoms with Gasteiger partial charge in [0.15, 0.2) is 0 Å². The molecule has 0 spiro atoms. The number of alkyl halides is 3. The molecule has 0 aliphatic rings. The van der Waals surface area contributed by atoms with E-state index in [1.807, 2.05) is 0 Å². The van der Waals surface area contributed by atoms with E-state index in [4.69, 9.17) is 5.73 Å². The van der Waals surface area contributed by atoms with Gasteiger partial charge < -0.3 is 5.73 Å². The summed E-state index contributed by atoms with van der Waals surface area (Å²) in [4.78, 5) is 3.79. The summed E-state index contributed by atoms with van der Waals surface area (Å²) >= 11 is 0. The van der Waals surface area contributed by atoms with Crippen LogP contribution in [-0.2, 0) is 6.18 Å². The SMILES string of the molecule is NC(c1cccnc1)c1cc(F)ccc1C(F)(F)F. The number of nitrogens with two attached hydrogens (primary N) is 1. The van der Waals surface area contributed by atoms with Gasteiger partial charge in [0.05, 0.1) is 11.6 Å². The van der Waals surface area contributed by atoms with Crippen molar-refractivity contribution in [2.75, 3.05) is 0 Å². The van der Waals surface area contributed by atoms with Crippen LogP contribution in [0.2, 0.25) is 0 Å². The van der Waals surface area contributed by atoms with Gasteiger partial charge in [-0.2, -0.15) is 13.2 Å². The van der Waals surface area contributed by atoms with Gasteiger partial charge in [-0.3, -0.25) is 4.98 Å². The first-order valence-corrected chi connectivity index (χ1v) is 5.42. The van der Waals surface area contributed by atoms with Crippen molar-refractivity contribution in [3.63, 3.8) is 0 Å². The fourth-order valence-corrected chi connectivity index (χ4v) is 1.79. The zero-order valence-corrected chi connectivity index (χ0v) is 9.66. The van der Waals surface area contributed by atoms with Crippen molar-refractivity contribution in [3.05, 3.63) is 65.2 Å². The molecule has 19 heavy (non-hydrogen) atoms. The fourth-order valence-electron chi connectivity index (χ4n) is 1.79. The lowest BCUT2D eigenvalue weighted by Crippen LogP contribution is -2.19. The van der Waals surface area contributed by atoms with Crippen molar-refractivity contribution < 1.29 is 17.6 Å². The van der Waals surface area contributed by atoms with Gasteiger partial charge in [-0.05, 0) is 35.4 Å². The second-order valence-electron chi connectivity index (χ2n) is 3.99. The molecule has 0 aliphatic heterocycles. The van der Waals surface area contributed by atoms with E-state index >= 15 is 0 Å². The Hall–Kier alpha value is -1.95. The van der Waals surface area contributed by atoms with Crippen LogP contribution >= 0.6 is 0 Å². The summed E-state index contributed by atoms with van der Waals surface area (Å²) in [6, 6.07) is 4.29. The van der Waals surface area contributed by atoms with Crippen LogP contribution in [0, 0.1) is 5.82 Å². The monoisotopic (exact) mass is 270 g/mol. The molecule has 0 saturated heterocycles. The number of benzene rings is 1. The van der Waals surface area contributed by atoms with Gasteiger partial charge in [-0.15, -0.1) is 0 Å². The zero-order valence-electron chi connectivity index (χ0n) is 9.66. The maximum atomic E-state index is 13.2. The highest BCUT2D eigenvalue weighted by molar-refractivity contribution is 5.38. The number of hydrogen-bond donors (Lipinski definition) is 1. The molecular formula is C13H10F4N2. The van der Waals surface area contributed by atoms with Crippen LogP contribution in [0.15, 0.2) is 42.7 Å². The van der Waals surface area contributed by atoms with Gasteiger partial charge in [0.1, 0.15) is 5.82 Å². The summed E-state index contributed by atoms with van der Waals surface area (Å²) in [5.41, 5.74) is 4.92. The third kappa shape index (κ3) is 2.90. The number of rotatable bonds is 2. The summed E-state index contributed by atoms with van der Waals surface area (Å²) in [7, 11) is 0. The highest BCUT2D eigenvalue weighted by Crippen LogP contribution is 2.35. The lowest BCUT2D eigenvalue weighted by molar-refractivity contribution is -0.138. The van der Waals surface area contributed by atoms with Crippen LogP contribution in [0.3, 0.4) is 0 Å². The predicted molar refractivity (Wildman–Crippen MR) is 61.7 cm³/mol. The molecule has 2 aromatic rings. The second-order valence-corrected chi connectivity index (χ2v) is 3.99. The van der Waals surface area contributed by atoms with Crippen LogP contribution in [-0.4, -0.2) is 4.98 Å². The first kappa shape index (κ1) is 13.5. The normalized spacial score (nSPS) is 13.3. The van der Waals surface area contributed by atoms with E-state index in [0.29, 0.717) is 11.6 Å². The van der Waals surface area contributed by atoms with Gasteiger partial charge >= 0.3 is 6.18 Å². The van der Waals surface area contributed by atoms with Crippen molar-refractivity contribution in [1.82, 2.24) is 4.98 Å². The van der Waals surface area contributed by atoms with E-state index in [1.165, 1.54) is 12.4 Å². The topological polar surface area (TPSA) is 38.9 Å². The number of hydrogen-bond acceptors (Lipinski definition) is 2. The van der Waals surface area contributed by atoms with Gasteiger partial charge in [0, 0.05) is 12.4 Å². The minimum atomic E-state index is -4.58. The summed E-state index contributed by atoms with van der Waals surface area (Å²) in [5, 5.41) is 0. The third-order valence-corrected chi connectivity index (χ3v) is 2.70. The second kappa shape index (κ2) is 4.97. The molecule has 1 aromatic carbocycles. The van der Waals surface area contributed by atoms with Gasteiger partial charge in [-0.1, -0.05) is 6.07 Å². The first-order chi connectivity index (χ1) is 8.89. The largest absolute Gasteiger partial charge is 0.416 e. The molecule has 2 nitrogen and oxygen atoms in total. The van der Waals surface area contributed by atoms with Crippen LogP contribution in [0.25, 0.3) is 0 Å². The highest BCUT2D eigenvalue weighted by Gasteiger charge is 2.35. The molecule has 0 bridgehead atoms. The van der Waals surface area contributed by atoms with Crippen molar-refractivity contribution in [2.45, 2.75) is 12.2 Å². The predicted octanol–water partition coefficient (Wildman–Crippen LogP) is 3.29. The molecule has 2 N–H and O–H groups in total. The number of pyridine rings is 1. The van der Waals surface area contributed by atoms with Crippen molar-refractivity contribution >= 4 is 0 Å². The molecular weight excluding hydrogens is 260 g/mol. The van der Waals surface area contributed by atoms with E-state index in [2.05, 4.69) is 4.98 Å². The Bertz CT molecular complexity index is 567. The molecule has 1 aromatic heterocycles. The number of aromatic nitrogens is 1.